The van der Waals surface area contributed by atoms with Crippen molar-refractivity contribution in [3.63, 3.8) is 0 Å². The second-order valence-corrected chi connectivity index (χ2v) is 9.76. The molecule has 1 aromatic heterocycles. The Labute approximate surface area is 164 Å². The number of thiazole rings is 1. The van der Waals surface area contributed by atoms with Gasteiger partial charge >= 0.3 is 0 Å². The van der Waals surface area contributed by atoms with Crippen molar-refractivity contribution in [2.75, 3.05) is 27.2 Å². The van der Waals surface area contributed by atoms with Gasteiger partial charge in [-0.05, 0) is 36.6 Å². The minimum absolute atomic E-state index is 0.0266. The first-order valence-electron chi connectivity index (χ1n) is 8.77. The van der Waals surface area contributed by atoms with Crippen molar-refractivity contribution in [3.8, 4) is 0 Å². The summed E-state index contributed by atoms with van der Waals surface area (Å²) in [5.74, 6) is 0.285. The average Bonchev–Trinajstić information content (AvgIpc) is 3.21. The third kappa shape index (κ3) is 4.63. The molecule has 0 spiro atoms. The number of likely N-dealkylation sites (tertiary alicyclic amines) is 1. The summed E-state index contributed by atoms with van der Waals surface area (Å²) in [4.78, 5) is 19.0. The second kappa shape index (κ2) is 8.33. The third-order valence-corrected chi connectivity index (χ3v) is 7.38. The first kappa shape index (κ1) is 19.7. The number of piperidine rings is 1. The zero-order valence-corrected chi connectivity index (χ0v) is 17.0. The van der Waals surface area contributed by atoms with Crippen LogP contribution in [0.5, 0.6) is 0 Å². The van der Waals surface area contributed by atoms with E-state index in [9.17, 15) is 13.2 Å². The summed E-state index contributed by atoms with van der Waals surface area (Å²) in [5.41, 5.74) is 0.787. The maximum Gasteiger partial charge on any atom is 0.246 e. The highest BCUT2D eigenvalue weighted by Crippen LogP contribution is 2.28. The molecule has 27 heavy (non-hydrogen) atoms. The Kier molecular flexibility index (Phi) is 6.08. The van der Waals surface area contributed by atoms with Gasteiger partial charge in [-0.15, -0.1) is 11.3 Å². The number of rotatable bonds is 5. The van der Waals surface area contributed by atoms with E-state index < -0.39 is 10.0 Å². The lowest BCUT2D eigenvalue weighted by molar-refractivity contribution is -0.127. The molecule has 144 valence electrons. The van der Waals surface area contributed by atoms with Gasteiger partial charge in [-0.25, -0.2) is 17.7 Å². The molecule has 1 amide bonds. The lowest BCUT2D eigenvalue weighted by Crippen LogP contribution is -2.38. The van der Waals surface area contributed by atoms with E-state index in [1.54, 1.807) is 54.0 Å². The molecular formula is C19H23N3O3S2. The van der Waals surface area contributed by atoms with Crippen molar-refractivity contribution in [3.05, 3.63) is 52.5 Å². The first-order chi connectivity index (χ1) is 12.9. The summed E-state index contributed by atoms with van der Waals surface area (Å²) in [5, 5.41) is 3.06. The Morgan fingerprint density at radius 3 is 2.67 bits per heavy atom. The lowest BCUT2D eigenvalue weighted by Gasteiger charge is -2.31. The standard InChI is InChI=1S/C19H23N3O3S2/c1-21(2)27(24,25)17-8-5-15(6-9-17)7-10-18(23)22-12-3-4-16(14-22)19-20-11-13-26-19/h5-11,13,16H,3-4,12,14H2,1-2H3/b10-7+. The Morgan fingerprint density at radius 2 is 2.04 bits per heavy atom. The van der Waals surface area contributed by atoms with Gasteiger partial charge in [0.1, 0.15) is 0 Å². The number of nitrogens with zero attached hydrogens (tertiary/aromatic N) is 3. The zero-order valence-electron chi connectivity index (χ0n) is 15.4. The van der Waals surface area contributed by atoms with Gasteiger partial charge in [0.05, 0.1) is 9.90 Å². The smallest absolute Gasteiger partial charge is 0.246 e. The largest absolute Gasteiger partial charge is 0.338 e. The van der Waals surface area contributed by atoms with E-state index in [1.807, 2.05) is 10.3 Å². The van der Waals surface area contributed by atoms with E-state index in [-0.39, 0.29) is 10.8 Å². The molecule has 1 fully saturated rings. The fourth-order valence-electron chi connectivity index (χ4n) is 3.05. The van der Waals surface area contributed by atoms with E-state index in [0.29, 0.717) is 12.5 Å². The molecule has 0 aliphatic carbocycles. The molecule has 3 rings (SSSR count). The predicted molar refractivity (Wildman–Crippen MR) is 107 cm³/mol. The number of amides is 1. The van der Waals surface area contributed by atoms with Gasteiger partial charge in [-0.2, -0.15) is 0 Å². The van der Waals surface area contributed by atoms with Crippen LogP contribution in [-0.4, -0.2) is 55.7 Å². The van der Waals surface area contributed by atoms with E-state index in [2.05, 4.69) is 4.98 Å². The van der Waals surface area contributed by atoms with Gasteiger partial charge in [0.2, 0.25) is 15.9 Å². The van der Waals surface area contributed by atoms with Crippen LogP contribution in [0.2, 0.25) is 0 Å². The molecule has 0 N–H and O–H groups in total. The summed E-state index contributed by atoms with van der Waals surface area (Å²) in [6, 6.07) is 6.52. The van der Waals surface area contributed by atoms with E-state index >= 15 is 0 Å². The highest BCUT2D eigenvalue weighted by Gasteiger charge is 2.25. The minimum atomic E-state index is -3.44. The number of aromatic nitrogens is 1. The molecule has 1 aromatic carbocycles. The van der Waals surface area contributed by atoms with Crippen LogP contribution in [-0.2, 0) is 14.8 Å². The van der Waals surface area contributed by atoms with Gasteiger partial charge in [0, 0.05) is 50.8 Å². The molecular weight excluding hydrogens is 382 g/mol. The van der Waals surface area contributed by atoms with Crippen LogP contribution in [0.1, 0.15) is 29.3 Å². The molecule has 1 aliphatic heterocycles. The summed E-state index contributed by atoms with van der Waals surface area (Å²) < 4.78 is 25.4. The van der Waals surface area contributed by atoms with E-state index in [1.165, 1.54) is 18.4 Å². The van der Waals surface area contributed by atoms with Crippen LogP contribution in [0.3, 0.4) is 0 Å². The van der Waals surface area contributed by atoms with Crippen molar-refractivity contribution >= 4 is 33.3 Å². The fraction of sp³-hybridized carbons (Fsp3) is 0.368. The highest BCUT2D eigenvalue weighted by atomic mass is 32.2. The molecule has 1 saturated heterocycles. The topological polar surface area (TPSA) is 70.6 Å². The molecule has 0 radical (unpaired) electrons. The molecule has 2 aromatic rings. The zero-order chi connectivity index (χ0) is 19.4. The number of hydrogen-bond acceptors (Lipinski definition) is 5. The quantitative estimate of drug-likeness (QED) is 0.717. The number of hydrogen-bond donors (Lipinski definition) is 0. The van der Waals surface area contributed by atoms with Crippen molar-refractivity contribution in [1.82, 2.24) is 14.2 Å². The predicted octanol–water partition coefficient (Wildman–Crippen LogP) is 2.81. The summed E-state index contributed by atoms with van der Waals surface area (Å²) in [6.45, 7) is 1.45. The van der Waals surface area contributed by atoms with Crippen LogP contribution in [0, 0.1) is 0 Å². The normalized spacial score (nSPS) is 18.3. The SMILES string of the molecule is CN(C)S(=O)(=O)c1ccc(/C=C/C(=O)N2CCCC(c3nccs3)C2)cc1. The van der Waals surface area contributed by atoms with Gasteiger partial charge in [0.25, 0.3) is 0 Å². The molecule has 0 saturated carbocycles. The van der Waals surface area contributed by atoms with Crippen molar-refractivity contribution in [1.29, 1.82) is 0 Å². The van der Waals surface area contributed by atoms with Gasteiger partial charge in [0.15, 0.2) is 0 Å². The molecule has 8 heteroatoms. The van der Waals surface area contributed by atoms with Gasteiger partial charge in [-0.1, -0.05) is 12.1 Å². The fourth-order valence-corrected chi connectivity index (χ4v) is 4.72. The molecule has 0 bridgehead atoms. The summed E-state index contributed by atoms with van der Waals surface area (Å²) >= 11 is 1.64. The third-order valence-electron chi connectivity index (χ3n) is 4.61. The maximum absolute atomic E-state index is 12.5. The van der Waals surface area contributed by atoms with Gasteiger partial charge in [-0.3, -0.25) is 4.79 Å². The van der Waals surface area contributed by atoms with Crippen molar-refractivity contribution in [2.24, 2.45) is 0 Å². The van der Waals surface area contributed by atoms with E-state index in [4.69, 9.17) is 0 Å². The monoisotopic (exact) mass is 405 g/mol. The molecule has 1 aliphatic rings. The minimum Gasteiger partial charge on any atom is -0.338 e. The lowest BCUT2D eigenvalue weighted by atomic mass is 9.98. The second-order valence-electron chi connectivity index (χ2n) is 6.68. The number of sulfonamides is 1. The summed E-state index contributed by atoms with van der Waals surface area (Å²) in [6.07, 6.45) is 7.12. The Hall–Kier alpha value is -2.03. The Bertz CT molecular complexity index is 904. The van der Waals surface area contributed by atoms with Crippen LogP contribution in [0.4, 0.5) is 0 Å². The van der Waals surface area contributed by atoms with E-state index in [0.717, 1.165) is 30.0 Å². The van der Waals surface area contributed by atoms with Crippen LogP contribution in [0.25, 0.3) is 6.08 Å². The number of benzene rings is 1. The molecule has 2 heterocycles. The average molecular weight is 406 g/mol. The highest BCUT2D eigenvalue weighted by molar-refractivity contribution is 7.89. The van der Waals surface area contributed by atoms with Gasteiger partial charge < -0.3 is 4.90 Å². The number of carbonyl (C=O) groups is 1. The van der Waals surface area contributed by atoms with Crippen LogP contribution < -0.4 is 0 Å². The van der Waals surface area contributed by atoms with Crippen LogP contribution in [0.15, 0.2) is 46.8 Å². The molecule has 1 atom stereocenters. The maximum atomic E-state index is 12.5. The van der Waals surface area contributed by atoms with Crippen LogP contribution >= 0.6 is 11.3 Å². The number of carbonyl (C=O) groups excluding carboxylic acids is 1. The molecule has 6 nitrogen and oxygen atoms in total. The Morgan fingerprint density at radius 1 is 1.30 bits per heavy atom. The van der Waals surface area contributed by atoms with Crippen molar-refractivity contribution in [2.45, 2.75) is 23.7 Å². The molecule has 1 unspecified atom stereocenters. The Balaban J connectivity index is 1.64. The first-order valence-corrected chi connectivity index (χ1v) is 11.1. The summed E-state index contributed by atoms with van der Waals surface area (Å²) in [7, 11) is -0.442. The van der Waals surface area contributed by atoms with Crippen molar-refractivity contribution < 1.29 is 13.2 Å².